The summed E-state index contributed by atoms with van der Waals surface area (Å²) in [5.41, 5.74) is 0. The molecule has 0 saturated heterocycles. The molecule has 1 unspecified atom stereocenters. The number of imidazole rings is 1. The molecule has 8 heteroatoms. The van der Waals surface area contributed by atoms with Crippen molar-refractivity contribution in [3.8, 4) is 0 Å². The van der Waals surface area contributed by atoms with Crippen LogP contribution < -0.4 is 10.6 Å². The number of nitrogens with one attached hydrogen (secondary N) is 2. The highest BCUT2D eigenvalue weighted by atomic mass is 32.1. The van der Waals surface area contributed by atoms with Crippen molar-refractivity contribution in [3.63, 3.8) is 0 Å². The number of alkyl halides is 2. The van der Waals surface area contributed by atoms with E-state index in [1.165, 1.54) is 17.3 Å². The SMILES string of the molecule is CN=C(NCc1nccn1C(F)F)NCC(C)c1cccs1. The highest BCUT2D eigenvalue weighted by Crippen LogP contribution is 2.19. The molecule has 0 aliphatic carbocycles. The van der Waals surface area contributed by atoms with E-state index in [9.17, 15) is 8.78 Å². The van der Waals surface area contributed by atoms with Crippen LogP contribution in [0.2, 0.25) is 0 Å². The zero-order valence-electron chi connectivity index (χ0n) is 12.5. The topological polar surface area (TPSA) is 54.2 Å². The lowest BCUT2D eigenvalue weighted by Crippen LogP contribution is -2.39. The first-order chi connectivity index (χ1) is 10.6. The number of guanidine groups is 1. The fraction of sp³-hybridized carbons (Fsp3) is 0.429. The second-order valence-corrected chi connectivity index (χ2v) is 5.73. The third-order valence-corrected chi connectivity index (χ3v) is 4.31. The Bertz CT molecular complexity index is 594. The summed E-state index contributed by atoms with van der Waals surface area (Å²) in [6.07, 6.45) is 2.62. The number of thiophene rings is 1. The van der Waals surface area contributed by atoms with Crippen LogP contribution >= 0.6 is 11.3 Å². The summed E-state index contributed by atoms with van der Waals surface area (Å²) in [4.78, 5) is 9.30. The maximum absolute atomic E-state index is 12.7. The largest absolute Gasteiger partial charge is 0.356 e. The zero-order valence-corrected chi connectivity index (χ0v) is 13.3. The van der Waals surface area contributed by atoms with Gasteiger partial charge in [-0.15, -0.1) is 11.3 Å². The Morgan fingerprint density at radius 1 is 1.45 bits per heavy atom. The number of rotatable bonds is 6. The molecule has 2 rings (SSSR count). The molecule has 0 bridgehead atoms. The van der Waals surface area contributed by atoms with E-state index in [1.54, 1.807) is 18.4 Å². The van der Waals surface area contributed by atoms with Gasteiger partial charge in [0, 0.05) is 36.8 Å². The van der Waals surface area contributed by atoms with Crippen LogP contribution in [-0.4, -0.2) is 29.1 Å². The molecule has 5 nitrogen and oxygen atoms in total. The molecule has 1 atom stereocenters. The van der Waals surface area contributed by atoms with Crippen LogP contribution in [-0.2, 0) is 6.54 Å². The van der Waals surface area contributed by atoms with Gasteiger partial charge in [0.2, 0.25) is 0 Å². The molecule has 0 aliphatic rings. The van der Waals surface area contributed by atoms with Gasteiger partial charge in [-0.25, -0.2) is 4.98 Å². The van der Waals surface area contributed by atoms with Gasteiger partial charge in [-0.3, -0.25) is 9.56 Å². The van der Waals surface area contributed by atoms with Gasteiger partial charge in [0.1, 0.15) is 5.82 Å². The summed E-state index contributed by atoms with van der Waals surface area (Å²) in [6, 6.07) is 4.11. The van der Waals surface area contributed by atoms with E-state index in [0.717, 1.165) is 4.57 Å². The third kappa shape index (κ3) is 4.27. The van der Waals surface area contributed by atoms with Gasteiger partial charge in [-0.1, -0.05) is 13.0 Å². The Morgan fingerprint density at radius 2 is 2.27 bits per heavy atom. The van der Waals surface area contributed by atoms with Crippen LogP contribution in [0.15, 0.2) is 34.9 Å². The summed E-state index contributed by atoms with van der Waals surface area (Å²) in [5.74, 6) is 1.18. The number of hydrogen-bond acceptors (Lipinski definition) is 3. The van der Waals surface area contributed by atoms with E-state index in [1.807, 2.05) is 11.4 Å². The molecule has 2 heterocycles. The monoisotopic (exact) mass is 327 g/mol. The van der Waals surface area contributed by atoms with E-state index < -0.39 is 6.55 Å². The summed E-state index contributed by atoms with van der Waals surface area (Å²) in [6.45, 7) is 0.428. The van der Waals surface area contributed by atoms with E-state index in [2.05, 4.69) is 33.6 Å². The molecule has 0 spiro atoms. The second-order valence-electron chi connectivity index (χ2n) is 4.75. The van der Waals surface area contributed by atoms with Crippen LogP contribution in [0.4, 0.5) is 8.78 Å². The molecule has 0 aromatic carbocycles. The van der Waals surface area contributed by atoms with Gasteiger partial charge in [0.05, 0.1) is 6.54 Å². The minimum atomic E-state index is -2.59. The first kappa shape index (κ1) is 16.4. The van der Waals surface area contributed by atoms with Crippen LogP contribution in [0.3, 0.4) is 0 Å². The number of nitrogens with zero attached hydrogens (tertiary/aromatic N) is 3. The van der Waals surface area contributed by atoms with Gasteiger partial charge in [-0.05, 0) is 11.4 Å². The second kappa shape index (κ2) is 7.88. The van der Waals surface area contributed by atoms with E-state index in [-0.39, 0.29) is 12.4 Å². The van der Waals surface area contributed by atoms with Gasteiger partial charge in [-0.2, -0.15) is 8.78 Å². The van der Waals surface area contributed by atoms with Crippen molar-refractivity contribution in [2.45, 2.75) is 25.9 Å². The molecule has 2 N–H and O–H groups in total. The number of aliphatic imine (C=N–C) groups is 1. The Kier molecular flexibility index (Phi) is 5.88. The van der Waals surface area contributed by atoms with Crippen LogP contribution in [0, 0.1) is 0 Å². The first-order valence-corrected chi connectivity index (χ1v) is 7.77. The smallest absolute Gasteiger partial charge is 0.319 e. The van der Waals surface area contributed by atoms with Gasteiger partial charge >= 0.3 is 6.55 Å². The zero-order chi connectivity index (χ0) is 15.9. The van der Waals surface area contributed by atoms with Crippen molar-refractivity contribution in [1.29, 1.82) is 0 Å². The minimum absolute atomic E-state index is 0.185. The summed E-state index contributed by atoms with van der Waals surface area (Å²) in [7, 11) is 1.64. The highest BCUT2D eigenvalue weighted by Gasteiger charge is 2.12. The van der Waals surface area contributed by atoms with E-state index in [0.29, 0.717) is 18.4 Å². The molecule has 0 aliphatic heterocycles. The van der Waals surface area contributed by atoms with Gasteiger partial charge in [0.25, 0.3) is 0 Å². The van der Waals surface area contributed by atoms with Crippen molar-refractivity contribution in [1.82, 2.24) is 20.2 Å². The fourth-order valence-electron chi connectivity index (χ4n) is 1.96. The summed E-state index contributed by atoms with van der Waals surface area (Å²) >= 11 is 1.71. The predicted octanol–water partition coefficient (Wildman–Crippen LogP) is 2.81. The lowest BCUT2D eigenvalue weighted by molar-refractivity contribution is 0.0668. The quantitative estimate of drug-likeness (QED) is 0.634. The average Bonchev–Trinajstić information content (AvgIpc) is 3.18. The molecule has 2 aromatic rings. The summed E-state index contributed by atoms with van der Waals surface area (Å²) in [5, 5.41) is 8.23. The highest BCUT2D eigenvalue weighted by molar-refractivity contribution is 7.10. The molecule has 120 valence electrons. The maximum atomic E-state index is 12.7. The maximum Gasteiger partial charge on any atom is 0.319 e. The number of hydrogen-bond donors (Lipinski definition) is 2. The number of aromatic nitrogens is 2. The van der Waals surface area contributed by atoms with Crippen molar-refractivity contribution < 1.29 is 8.78 Å². The fourth-order valence-corrected chi connectivity index (χ4v) is 2.75. The lowest BCUT2D eigenvalue weighted by atomic mass is 10.1. The summed E-state index contributed by atoms with van der Waals surface area (Å²) < 4.78 is 26.3. The van der Waals surface area contributed by atoms with Gasteiger partial charge in [0.15, 0.2) is 5.96 Å². The first-order valence-electron chi connectivity index (χ1n) is 6.89. The Morgan fingerprint density at radius 3 is 2.91 bits per heavy atom. The molecule has 0 amide bonds. The van der Waals surface area contributed by atoms with E-state index in [4.69, 9.17) is 0 Å². The standard InChI is InChI=1S/C14H19F2N5S/c1-10(11-4-3-7-22-11)8-19-14(17-2)20-9-12-18-5-6-21(12)13(15)16/h3-7,10,13H,8-9H2,1-2H3,(H2,17,19,20). The third-order valence-electron chi connectivity index (χ3n) is 3.20. The van der Waals surface area contributed by atoms with Crippen LogP contribution in [0.25, 0.3) is 0 Å². The molecular weight excluding hydrogens is 308 g/mol. The molecule has 0 fully saturated rings. The molecule has 22 heavy (non-hydrogen) atoms. The van der Waals surface area contributed by atoms with Crippen LogP contribution in [0.1, 0.15) is 30.1 Å². The van der Waals surface area contributed by atoms with Crippen molar-refractivity contribution in [2.24, 2.45) is 4.99 Å². The Labute approximate surface area is 132 Å². The Hall–Kier alpha value is -1.96. The van der Waals surface area contributed by atoms with E-state index >= 15 is 0 Å². The lowest BCUT2D eigenvalue weighted by Gasteiger charge is -2.15. The van der Waals surface area contributed by atoms with Crippen LogP contribution in [0.5, 0.6) is 0 Å². The molecule has 0 radical (unpaired) electrons. The molecule has 0 saturated carbocycles. The molecular formula is C14H19F2N5S. The number of halogens is 2. The molecule has 2 aromatic heterocycles. The van der Waals surface area contributed by atoms with Crippen molar-refractivity contribution in [2.75, 3.05) is 13.6 Å². The minimum Gasteiger partial charge on any atom is -0.356 e. The van der Waals surface area contributed by atoms with Gasteiger partial charge < -0.3 is 10.6 Å². The Balaban J connectivity index is 1.84. The average molecular weight is 327 g/mol. The van der Waals surface area contributed by atoms with Crippen molar-refractivity contribution >= 4 is 17.3 Å². The predicted molar refractivity (Wildman–Crippen MR) is 84.4 cm³/mol. The van der Waals surface area contributed by atoms with Crippen molar-refractivity contribution in [3.05, 3.63) is 40.6 Å². The normalized spacial score (nSPS) is 13.4.